The molecule has 5 heteroatoms. The molecule has 0 bridgehead atoms. The van der Waals surface area contributed by atoms with Crippen molar-refractivity contribution in [3.8, 4) is 0 Å². The maximum Gasteiger partial charge on any atom is 0.250 e. The van der Waals surface area contributed by atoms with Crippen molar-refractivity contribution in [2.75, 3.05) is 5.32 Å². The number of hydrogen-bond acceptors (Lipinski definition) is 3. The molecule has 1 atom stereocenters. The zero-order valence-electron chi connectivity index (χ0n) is 14.1. The number of benzene rings is 2. The van der Waals surface area contributed by atoms with Gasteiger partial charge in [-0.25, -0.2) is 4.98 Å². The second-order valence-electron chi connectivity index (χ2n) is 5.93. The summed E-state index contributed by atoms with van der Waals surface area (Å²) in [5.41, 5.74) is 3.09. The fourth-order valence-electron chi connectivity index (χ4n) is 2.47. The number of halogens is 1. The molecule has 3 rings (SSSR count). The van der Waals surface area contributed by atoms with E-state index in [0.29, 0.717) is 16.1 Å². The molecule has 25 heavy (non-hydrogen) atoms. The van der Waals surface area contributed by atoms with Crippen molar-refractivity contribution in [2.45, 2.75) is 26.2 Å². The molecule has 128 valence electrons. The van der Waals surface area contributed by atoms with Crippen LogP contribution in [-0.2, 0) is 4.79 Å². The zero-order valence-corrected chi connectivity index (χ0v) is 15.7. The van der Waals surface area contributed by atoms with E-state index in [9.17, 15) is 4.79 Å². The maximum atomic E-state index is 12.1. The SMILES string of the molecule is CCC(C)c1ccc2nc(NC(=O)/C=C/c3cccc(Cl)c3)sc2c1. The van der Waals surface area contributed by atoms with Crippen molar-refractivity contribution in [2.24, 2.45) is 0 Å². The third-order valence-corrected chi connectivity index (χ3v) is 5.27. The first-order valence-corrected chi connectivity index (χ1v) is 9.39. The van der Waals surface area contributed by atoms with Crippen LogP contribution in [0.15, 0.2) is 48.5 Å². The van der Waals surface area contributed by atoms with Gasteiger partial charge >= 0.3 is 0 Å². The molecule has 1 N–H and O–H groups in total. The number of thiazole rings is 1. The van der Waals surface area contributed by atoms with Crippen LogP contribution >= 0.6 is 22.9 Å². The van der Waals surface area contributed by atoms with Crippen LogP contribution in [-0.4, -0.2) is 10.9 Å². The molecule has 0 spiro atoms. The molecule has 0 radical (unpaired) electrons. The third kappa shape index (κ3) is 4.47. The summed E-state index contributed by atoms with van der Waals surface area (Å²) in [6.45, 7) is 4.39. The zero-order chi connectivity index (χ0) is 17.8. The molecular formula is C20H19ClN2OS. The number of nitrogens with zero attached hydrogens (tertiary/aromatic N) is 1. The highest BCUT2D eigenvalue weighted by atomic mass is 35.5. The number of hydrogen-bond donors (Lipinski definition) is 1. The lowest BCUT2D eigenvalue weighted by atomic mass is 9.99. The predicted octanol–water partition coefficient (Wildman–Crippen LogP) is 6.12. The van der Waals surface area contributed by atoms with Gasteiger partial charge in [-0.05, 0) is 53.8 Å². The highest BCUT2D eigenvalue weighted by Gasteiger charge is 2.09. The minimum atomic E-state index is -0.207. The van der Waals surface area contributed by atoms with Gasteiger partial charge in [0.05, 0.1) is 10.2 Å². The van der Waals surface area contributed by atoms with Crippen LogP contribution < -0.4 is 5.32 Å². The van der Waals surface area contributed by atoms with Crippen molar-refractivity contribution in [3.05, 3.63) is 64.7 Å². The van der Waals surface area contributed by atoms with Gasteiger partial charge in [0.25, 0.3) is 0 Å². The lowest BCUT2D eigenvalue weighted by Gasteiger charge is -2.07. The van der Waals surface area contributed by atoms with E-state index >= 15 is 0 Å². The quantitative estimate of drug-likeness (QED) is 0.550. The van der Waals surface area contributed by atoms with Crippen LogP contribution in [0.3, 0.4) is 0 Å². The second kappa shape index (κ2) is 7.81. The monoisotopic (exact) mass is 370 g/mol. The number of carbonyl (C=O) groups excluding carboxylic acids is 1. The third-order valence-electron chi connectivity index (χ3n) is 4.10. The van der Waals surface area contributed by atoms with Gasteiger partial charge in [0.15, 0.2) is 5.13 Å². The average molecular weight is 371 g/mol. The molecule has 1 unspecified atom stereocenters. The number of amides is 1. The van der Waals surface area contributed by atoms with E-state index in [1.165, 1.54) is 23.0 Å². The standard InChI is InChI=1S/C20H19ClN2OS/c1-3-13(2)15-8-9-17-18(12-15)25-20(22-17)23-19(24)10-7-14-5-4-6-16(21)11-14/h4-13H,3H2,1-2H3,(H,22,23,24)/b10-7+. The maximum absolute atomic E-state index is 12.1. The van der Waals surface area contributed by atoms with Crippen molar-refractivity contribution in [1.29, 1.82) is 0 Å². The normalized spacial score (nSPS) is 12.6. The second-order valence-corrected chi connectivity index (χ2v) is 7.40. The molecule has 3 nitrogen and oxygen atoms in total. The summed E-state index contributed by atoms with van der Waals surface area (Å²) in [6, 6.07) is 13.6. The fourth-order valence-corrected chi connectivity index (χ4v) is 3.58. The molecular weight excluding hydrogens is 352 g/mol. The van der Waals surface area contributed by atoms with Gasteiger partial charge < -0.3 is 0 Å². The lowest BCUT2D eigenvalue weighted by molar-refractivity contribution is -0.111. The summed E-state index contributed by atoms with van der Waals surface area (Å²) in [7, 11) is 0. The van der Waals surface area contributed by atoms with Crippen molar-refractivity contribution < 1.29 is 4.79 Å². The number of aromatic nitrogens is 1. The molecule has 1 heterocycles. The van der Waals surface area contributed by atoms with E-state index in [4.69, 9.17) is 11.6 Å². The van der Waals surface area contributed by atoms with Crippen molar-refractivity contribution in [3.63, 3.8) is 0 Å². The van der Waals surface area contributed by atoms with Gasteiger partial charge in [-0.15, -0.1) is 0 Å². The molecule has 0 aliphatic rings. The van der Waals surface area contributed by atoms with Gasteiger partial charge in [0, 0.05) is 11.1 Å². The fraction of sp³-hybridized carbons (Fsp3) is 0.200. The summed E-state index contributed by atoms with van der Waals surface area (Å²) >= 11 is 7.43. The Balaban J connectivity index is 1.72. The Bertz CT molecular complexity index is 932. The first-order chi connectivity index (χ1) is 12.0. The Hall–Kier alpha value is -2.17. The highest BCUT2D eigenvalue weighted by molar-refractivity contribution is 7.22. The number of carbonyl (C=O) groups is 1. The summed E-state index contributed by atoms with van der Waals surface area (Å²) in [5, 5.41) is 4.08. The van der Waals surface area contributed by atoms with E-state index in [-0.39, 0.29) is 5.91 Å². The van der Waals surface area contributed by atoms with Crippen LogP contribution in [0.25, 0.3) is 16.3 Å². The molecule has 0 aliphatic carbocycles. The molecule has 0 fully saturated rings. The number of rotatable bonds is 5. The van der Waals surface area contributed by atoms with Crippen molar-refractivity contribution >= 4 is 50.3 Å². The first-order valence-electron chi connectivity index (χ1n) is 8.20. The van der Waals surface area contributed by atoms with Crippen LogP contribution in [0.5, 0.6) is 0 Å². The van der Waals surface area contributed by atoms with E-state index in [1.807, 2.05) is 18.2 Å². The molecule has 0 saturated carbocycles. The summed E-state index contributed by atoms with van der Waals surface area (Å²) in [5.74, 6) is 0.311. The molecule has 3 aromatic rings. The van der Waals surface area contributed by atoms with E-state index in [1.54, 1.807) is 18.2 Å². The molecule has 0 saturated heterocycles. The van der Waals surface area contributed by atoms with Crippen molar-refractivity contribution in [1.82, 2.24) is 4.98 Å². The average Bonchev–Trinajstić information content (AvgIpc) is 3.00. The largest absolute Gasteiger partial charge is 0.298 e. The molecule has 0 aliphatic heterocycles. The number of fused-ring (bicyclic) bond motifs is 1. The van der Waals surface area contributed by atoms with Gasteiger partial charge in [-0.3, -0.25) is 10.1 Å². The summed E-state index contributed by atoms with van der Waals surface area (Å²) in [4.78, 5) is 16.6. The lowest BCUT2D eigenvalue weighted by Crippen LogP contribution is -2.07. The van der Waals surface area contributed by atoms with Crippen LogP contribution in [0.1, 0.15) is 37.3 Å². The topological polar surface area (TPSA) is 42.0 Å². The Morgan fingerprint density at radius 1 is 1.32 bits per heavy atom. The van der Waals surface area contributed by atoms with Crippen LogP contribution in [0.4, 0.5) is 5.13 Å². The van der Waals surface area contributed by atoms with Gasteiger partial charge in [-0.1, -0.05) is 55.0 Å². The minimum absolute atomic E-state index is 0.207. The predicted molar refractivity (Wildman–Crippen MR) is 107 cm³/mol. The minimum Gasteiger partial charge on any atom is -0.298 e. The molecule has 2 aromatic carbocycles. The number of nitrogens with one attached hydrogen (secondary N) is 1. The first kappa shape index (κ1) is 17.6. The Kier molecular flexibility index (Phi) is 5.51. The highest BCUT2D eigenvalue weighted by Crippen LogP contribution is 2.30. The molecule has 1 aromatic heterocycles. The van der Waals surface area contributed by atoms with Gasteiger partial charge in [0.1, 0.15) is 0 Å². The smallest absolute Gasteiger partial charge is 0.250 e. The van der Waals surface area contributed by atoms with Gasteiger partial charge in [-0.2, -0.15) is 0 Å². The molecule has 1 amide bonds. The summed E-state index contributed by atoms with van der Waals surface area (Å²) in [6.07, 6.45) is 4.32. The van der Waals surface area contributed by atoms with E-state index in [0.717, 1.165) is 22.2 Å². The Morgan fingerprint density at radius 2 is 2.16 bits per heavy atom. The van der Waals surface area contributed by atoms with E-state index < -0.39 is 0 Å². The van der Waals surface area contributed by atoms with Crippen LogP contribution in [0, 0.1) is 0 Å². The Labute approximate surface area is 156 Å². The Morgan fingerprint density at radius 3 is 2.92 bits per heavy atom. The number of anilines is 1. The van der Waals surface area contributed by atoms with Crippen LogP contribution in [0.2, 0.25) is 5.02 Å². The van der Waals surface area contributed by atoms with E-state index in [2.05, 4.69) is 36.3 Å². The van der Waals surface area contributed by atoms with Gasteiger partial charge in [0.2, 0.25) is 5.91 Å². The summed E-state index contributed by atoms with van der Waals surface area (Å²) < 4.78 is 1.09.